The van der Waals surface area contributed by atoms with Crippen LogP contribution in [0.1, 0.15) is 63.6 Å². The molecule has 7 nitrogen and oxygen atoms in total. The molecule has 0 aromatic heterocycles. The van der Waals surface area contributed by atoms with Crippen LogP contribution in [0.4, 0.5) is 0 Å². The zero-order valence-electron chi connectivity index (χ0n) is 20.0. The number of carbonyl (C=O) groups is 3. The molecular formula is C25H36N4O3S. The van der Waals surface area contributed by atoms with Crippen molar-refractivity contribution >= 4 is 29.5 Å². The summed E-state index contributed by atoms with van der Waals surface area (Å²) in [4.78, 5) is 41.6. The van der Waals surface area contributed by atoms with E-state index in [0.29, 0.717) is 6.42 Å². The number of aryl methyl sites for hydroxylation is 1. The van der Waals surface area contributed by atoms with Crippen molar-refractivity contribution in [2.45, 2.75) is 82.4 Å². The van der Waals surface area contributed by atoms with E-state index < -0.39 is 12.1 Å². The smallest absolute Gasteiger partial charge is 0.246 e. The van der Waals surface area contributed by atoms with Crippen molar-refractivity contribution in [3.05, 3.63) is 35.4 Å². The van der Waals surface area contributed by atoms with Gasteiger partial charge in [0.1, 0.15) is 12.1 Å². The zero-order valence-corrected chi connectivity index (χ0v) is 20.8. The van der Waals surface area contributed by atoms with Crippen LogP contribution in [0.5, 0.6) is 0 Å². The van der Waals surface area contributed by atoms with Crippen LogP contribution >= 0.6 is 11.8 Å². The van der Waals surface area contributed by atoms with Gasteiger partial charge in [-0.05, 0) is 68.4 Å². The Morgan fingerprint density at radius 3 is 2.67 bits per heavy atom. The van der Waals surface area contributed by atoms with Gasteiger partial charge in [0.05, 0.1) is 17.5 Å². The van der Waals surface area contributed by atoms with Gasteiger partial charge in [-0.25, -0.2) is 0 Å². The molecule has 33 heavy (non-hydrogen) atoms. The molecule has 1 unspecified atom stereocenters. The van der Waals surface area contributed by atoms with Gasteiger partial charge in [-0.15, -0.1) is 11.8 Å². The van der Waals surface area contributed by atoms with Gasteiger partial charge >= 0.3 is 0 Å². The lowest BCUT2D eigenvalue weighted by Gasteiger charge is -2.36. The van der Waals surface area contributed by atoms with Crippen LogP contribution in [-0.2, 0) is 20.8 Å². The Bertz CT molecular complexity index is 921. The number of hydrogen-bond acceptors (Lipinski definition) is 5. The van der Waals surface area contributed by atoms with E-state index in [9.17, 15) is 14.4 Å². The molecular weight excluding hydrogens is 436 g/mol. The number of thioether (sulfide) groups is 1. The van der Waals surface area contributed by atoms with Gasteiger partial charge in [-0.2, -0.15) is 0 Å². The second-order valence-electron chi connectivity index (χ2n) is 10.2. The van der Waals surface area contributed by atoms with Crippen molar-refractivity contribution in [2.24, 2.45) is 5.41 Å². The third kappa shape index (κ3) is 4.78. The average Bonchev–Trinajstić information content (AvgIpc) is 2.99. The number of rotatable bonds is 5. The average molecular weight is 473 g/mol. The predicted molar refractivity (Wildman–Crippen MR) is 131 cm³/mol. The lowest BCUT2D eigenvalue weighted by Crippen LogP contribution is -2.58. The van der Waals surface area contributed by atoms with E-state index in [0.717, 1.165) is 31.4 Å². The first kappa shape index (κ1) is 24.1. The Hall–Kier alpha value is -2.06. The topological polar surface area (TPSA) is 90.5 Å². The summed E-state index contributed by atoms with van der Waals surface area (Å²) in [5, 5.41) is 9.07. The molecule has 3 amide bonds. The fourth-order valence-corrected chi connectivity index (χ4v) is 7.01. The predicted octanol–water partition coefficient (Wildman–Crippen LogP) is 2.36. The summed E-state index contributed by atoms with van der Waals surface area (Å²) in [6.45, 7) is 5.92. The molecule has 2 aliphatic heterocycles. The summed E-state index contributed by atoms with van der Waals surface area (Å²) in [5.41, 5.74) is 2.13. The van der Waals surface area contributed by atoms with E-state index in [-0.39, 0.29) is 40.6 Å². The van der Waals surface area contributed by atoms with Crippen LogP contribution in [0.2, 0.25) is 0 Å². The highest BCUT2D eigenvalue weighted by atomic mass is 32.2. The molecule has 3 N–H and O–H groups in total. The minimum absolute atomic E-state index is 0.0287. The van der Waals surface area contributed by atoms with E-state index in [1.54, 1.807) is 30.6 Å². The van der Waals surface area contributed by atoms with Gasteiger partial charge in [0.2, 0.25) is 17.7 Å². The standard InChI is InChI=1S/C25H36N4O3S/c1-15(26-4)22(30)28-19-12-13-33-20-14-25(2,3)21(29(20)24(19)32)23(31)27-18-11-7-9-16-8-5-6-10-17(16)18/h5-6,8,10,15,18-21,26H,7,9,11-14H2,1-4H3,(H,27,31)(H,28,30)/t15-,18-,19-,20-,21?/m1/s1. The highest BCUT2D eigenvalue weighted by molar-refractivity contribution is 7.99. The minimum Gasteiger partial charge on any atom is -0.347 e. The number of nitrogens with zero attached hydrogens (tertiary/aromatic N) is 1. The lowest BCUT2D eigenvalue weighted by atomic mass is 9.83. The third-order valence-electron chi connectivity index (χ3n) is 7.38. The second kappa shape index (κ2) is 9.66. The zero-order chi connectivity index (χ0) is 23.8. The molecule has 2 saturated heterocycles. The number of likely N-dealkylation sites (N-methyl/N-ethyl adjacent to an activating group) is 1. The third-order valence-corrected chi connectivity index (χ3v) is 8.63. The molecule has 4 rings (SSSR count). The lowest BCUT2D eigenvalue weighted by molar-refractivity contribution is -0.144. The molecule has 3 aliphatic rings. The summed E-state index contributed by atoms with van der Waals surface area (Å²) in [7, 11) is 1.72. The van der Waals surface area contributed by atoms with Crippen LogP contribution in [-0.4, -0.2) is 58.9 Å². The fraction of sp³-hybridized carbons (Fsp3) is 0.640. The van der Waals surface area contributed by atoms with Gasteiger partial charge in [0.25, 0.3) is 0 Å². The molecule has 0 radical (unpaired) electrons. The number of nitrogens with one attached hydrogen (secondary N) is 3. The minimum atomic E-state index is -0.606. The normalized spacial score (nSPS) is 29.5. The quantitative estimate of drug-likeness (QED) is 0.612. The van der Waals surface area contributed by atoms with Gasteiger partial charge < -0.3 is 20.9 Å². The molecule has 5 atom stereocenters. The van der Waals surface area contributed by atoms with Crippen LogP contribution in [0.3, 0.4) is 0 Å². The molecule has 1 aromatic carbocycles. The molecule has 0 saturated carbocycles. The van der Waals surface area contributed by atoms with Crippen molar-refractivity contribution in [3.8, 4) is 0 Å². The highest BCUT2D eigenvalue weighted by Gasteiger charge is 2.54. The van der Waals surface area contributed by atoms with Crippen molar-refractivity contribution in [2.75, 3.05) is 12.8 Å². The summed E-state index contributed by atoms with van der Waals surface area (Å²) < 4.78 is 0. The SMILES string of the molecule is CN[C@H](C)C(=O)N[C@@H]1CCS[C@@H]2CC(C)(C)C(C(=O)N[C@@H]3CCCc4ccccc43)N2C1=O. The number of carbonyl (C=O) groups excluding carboxylic acids is 3. The Labute approximate surface area is 200 Å². The van der Waals surface area contributed by atoms with E-state index in [1.807, 2.05) is 12.1 Å². The Morgan fingerprint density at radius 2 is 1.91 bits per heavy atom. The maximum atomic E-state index is 13.7. The number of amides is 3. The molecule has 2 fully saturated rings. The van der Waals surface area contributed by atoms with Crippen molar-refractivity contribution in [1.29, 1.82) is 0 Å². The van der Waals surface area contributed by atoms with E-state index >= 15 is 0 Å². The van der Waals surface area contributed by atoms with E-state index in [2.05, 4.69) is 41.9 Å². The summed E-state index contributed by atoms with van der Waals surface area (Å²) in [5.74, 6) is 0.342. The maximum absolute atomic E-state index is 13.7. The molecule has 8 heteroatoms. The Kier molecular flexibility index (Phi) is 7.05. The summed E-state index contributed by atoms with van der Waals surface area (Å²) in [6, 6.07) is 6.73. The van der Waals surface area contributed by atoms with Crippen molar-refractivity contribution in [3.63, 3.8) is 0 Å². The first-order valence-electron chi connectivity index (χ1n) is 12.0. The first-order chi connectivity index (χ1) is 15.7. The molecule has 1 aliphatic carbocycles. The van der Waals surface area contributed by atoms with Gasteiger partial charge in [0.15, 0.2) is 0 Å². The molecule has 1 aromatic rings. The fourth-order valence-electron chi connectivity index (χ4n) is 5.43. The largest absolute Gasteiger partial charge is 0.347 e. The Balaban J connectivity index is 1.56. The van der Waals surface area contributed by atoms with E-state index in [4.69, 9.17) is 0 Å². The second-order valence-corrected chi connectivity index (χ2v) is 11.5. The van der Waals surface area contributed by atoms with Gasteiger partial charge in [-0.3, -0.25) is 14.4 Å². The summed E-state index contributed by atoms with van der Waals surface area (Å²) >= 11 is 1.72. The van der Waals surface area contributed by atoms with Crippen LogP contribution in [0.25, 0.3) is 0 Å². The Morgan fingerprint density at radius 1 is 1.15 bits per heavy atom. The van der Waals surface area contributed by atoms with E-state index in [1.165, 1.54) is 11.1 Å². The first-order valence-corrected chi connectivity index (χ1v) is 13.1. The number of fused-ring (bicyclic) bond motifs is 2. The van der Waals surface area contributed by atoms with Gasteiger partial charge in [-0.1, -0.05) is 38.1 Å². The summed E-state index contributed by atoms with van der Waals surface area (Å²) in [6.07, 6.45) is 4.31. The van der Waals surface area contributed by atoms with Crippen molar-refractivity contribution < 1.29 is 14.4 Å². The molecule has 0 bridgehead atoms. The highest BCUT2D eigenvalue weighted by Crippen LogP contribution is 2.46. The molecule has 180 valence electrons. The van der Waals surface area contributed by atoms with Crippen LogP contribution in [0, 0.1) is 5.41 Å². The molecule has 2 heterocycles. The maximum Gasteiger partial charge on any atom is 0.246 e. The van der Waals surface area contributed by atoms with Crippen LogP contribution < -0.4 is 16.0 Å². The van der Waals surface area contributed by atoms with Crippen molar-refractivity contribution in [1.82, 2.24) is 20.9 Å². The molecule has 0 spiro atoms. The van der Waals surface area contributed by atoms with Crippen LogP contribution in [0.15, 0.2) is 24.3 Å². The monoisotopic (exact) mass is 472 g/mol. The number of hydrogen-bond donors (Lipinski definition) is 3. The van der Waals surface area contributed by atoms with Gasteiger partial charge in [0, 0.05) is 0 Å². The number of benzene rings is 1.